The summed E-state index contributed by atoms with van der Waals surface area (Å²) in [5.74, 6) is -1.14. The van der Waals surface area contributed by atoms with Crippen molar-refractivity contribution in [3.8, 4) is 0 Å². The molecule has 0 saturated heterocycles. The van der Waals surface area contributed by atoms with Crippen LogP contribution in [-0.2, 0) is 9.53 Å². The van der Waals surface area contributed by atoms with Gasteiger partial charge >= 0.3 is 12.1 Å². The first kappa shape index (κ1) is 17.5. The van der Waals surface area contributed by atoms with Gasteiger partial charge in [-0.05, 0) is 31.6 Å². The van der Waals surface area contributed by atoms with Gasteiger partial charge in [0.1, 0.15) is 6.04 Å². The Hall–Kier alpha value is -1.52. The molecule has 2 atom stereocenters. The van der Waals surface area contributed by atoms with Crippen LogP contribution in [0.5, 0.6) is 0 Å². The topological polar surface area (TPSA) is 75.6 Å². The number of amides is 1. The van der Waals surface area contributed by atoms with Crippen molar-refractivity contribution in [3.05, 3.63) is 12.7 Å². The van der Waals surface area contributed by atoms with Crippen molar-refractivity contribution >= 4 is 12.1 Å². The Kier molecular flexibility index (Phi) is 9.57. The third kappa shape index (κ3) is 8.24. The molecule has 1 amide bonds. The predicted molar refractivity (Wildman–Crippen MR) is 74.0 cm³/mol. The molecule has 1 unspecified atom stereocenters. The number of carbonyl (C=O) groups is 2. The number of hydrogen-bond donors (Lipinski definition) is 2. The summed E-state index contributed by atoms with van der Waals surface area (Å²) < 4.78 is 4.95. The van der Waals surface area contributed by atoms with Gasteiger partial charge in [0.05, 0.1) is 6.61 Å². The second-order valence-electron chi connectivity index (χ2n) is 4.65. The number of aliphatic carboxylic acids is 1. The van der Waals surface area contributed by atoms with Crippen molar-refractivity contribution in [2.45, 2.75) is 52.0 Å². The average molecular weight is 271 g/mol. The number of allylic oxidation sites excluding steroid dienone is 1. The Morgan fingerprint density at radius 2 is 2.11 bits per heavy atom. The van der Waals surface area contributed by atoms with Crippen molar-refractivity contribution in [2.75, 3.05) is 6.61 Å². The molecule has 5 heteroatoms. The van der Waals surface area contributed by atoms with Crippen LogP contribution in [0.4, 0.5) is 4.79 Å². The van der Waals surface area contributed by atoms with E-state index in [2.05, 4.69) is 11.9 Å². The molecule has 0 fully saturated rings. The first-order valence-corrected chi connectivity index (χ1v) is 6.79. The van der Waals surface area contributed by atoms with E-state index in [1.54, 1.807) is 0 Å². The van der Waals surface area contributed by atoms with Crippen LogP contribution in [0.2, 0.25) is 0 Å². The van der Waals surface area contributed by atoms with Crippen molar-refractivity contribution < 1.29 is 19.4 Å². The molecule has 0 radical (unpaired) electrons. The molecule has 2 N–H and O–H groups in total. The normalized spacial score (nSPS) is 13.4. The number of rotatable bonds is 10. The summed E-state index contributed by atoms with van der Waals surface area (Å²) in [4.78, 5) is 22.6. The monoisotopic (exact) mass is 271 g/mol. The number of unbranched alkanes of at least 4 members (excludes halogenated alkanes) is 2. The van der Waals surface area contributed by atoms with E-state index in [9.17, 15) is 9.59 Å². The summed E-state index contributed by atoms with van der Waals surface area (Å²) >= 11 is 0. The molecule has 0 aromatic heterocycles. The van der Waals surface area contributed by atoms with E-state index >= 15 is 0 Å². The van der Waals surface area contributed by atoms with Gasteiger partial charge in [-0.3, -0.25) is 0 Å². The van der Waals surface area contributed by atoms with E-state index in [0.29, 0.717) is 6.61 Å². The van der Waals surface area contributed by atoms with Crippen LogP contribution in [0.3, 0.4) is 0 Å². The molecule has 0 aromatic carbocycles. The fourth-order valence-electron chi connectivity index (χ4n) is 1.79. The molecular formula is C14H25NO4. The van der Waals surface area contributed by atoms with Gasteiger partial charge in [-0.2, -0.15) is 0 Å². The molecule has 0 aliphatic heterocycles. The van der Waals surface area contributed by atoms with Crippen LogP contribution in [0.25, 0.3) is 0 Å². The van der Waals surface area contributed by atoms with Crippen molar-refractivity contribution in [1.29, 1.82) is 0 Å². The maximum absolute atomic E-state index is 11.5. The summed E-state index contributed by atoms with van der Waals surface area (Å²) in [6, 6.07) is -0.888. The molecule has 0 rings (SSSR count). The molecule has 0 spiro atoms. The third-order valence-corrected chi connectivity index (χ3v) is 2.89. The first-order valence-electron chi connectivity index (χ1n) is 6.79. The molecule has 19 heavy (non-hydrogen) atoms. The number of carboxylic acids is 1. The maximum atomic E-state index is 11.5. The van der Waals surface area contributed by atoms with Gasteiger partial charge < -0.3 is 15.2 Å². The summed E-state index contributed by atoms with van der Waals surface area (Å²) in [5.41, 5.74) is 0. The smallest absolute Gasteiger partial charge is 0.407 e. The Morgan fingerprint density at radius 1 is 1.42 bits per heavy atom. The summed E-state index contributed by atoms with van der Waals surface area (Å²) in [5, 5.41) is 11.5. The zero-order valence-electron chi connectivity index (χ0n) is 11.9. The molecule has 0 bridgehead atoms. The minimum Gasteiger partial charge on any atom is -0.480 e. The van der Waals surface area contributed by atoms with Crippen molar-refractivity contribution in [3.63, 3.8) is 0 Å². The van der Waals surface area contributed by atoms with E-state index in [4.69, 9.17) is 9.84 Å². The number of hydrogen-bond acceptors (Lipinski definition) is 3. The minimum atomic E-state index is -1.02. The van der Waals surface area contributed by atoms with Gasteiger partial charge in [-0.25, -0.2) is 9.59 Å². The fraction of sp³-hybridized carbons (Fsp3) is 0.714. The summed E-state index contributed by atoms with van der Waals surface area (Å²) in [6.07, 6.45) is 5.32. The Balaban J connectivity index is 4.03. The van der Waals surface area contributed by atoms with E-state index in [1.165, 1.54) is 0 Å². The summed E-state index contributed by atoms with van der Waals surface area (Å²) in [7, 11) is 0. The molecule has 0 saturated carbocycles. The molecular weight excluding hydrogens is 246 g/mol. The van der Waals surface area contributed by atoms with E-state index in [0.717, 1.165) is 32.1 Å². The predicted octanol–water partition coefficient (Wildman–Crippen LogP) is 2.96. The lowest BCUT2D eigenvalue weighted by molar-refractivity contribution is -0.140. The average Bonchev–Trinajstić information content (AvgIpc) is 2.35. The van der Waals surface area contributed by atoms with Gasteiger partial charge in [-0.1, -0.05) is 26.3 Å². The van der Waals surface area contributed by atoms with Gasteiger partial charge in [0, 0.05) is 0 Å². The number of nitrogens with one attached hydrogen (secondary N) is 1. The number of carbonyl (C=O) groups excluding carboxylic acids is 1. The van der Waals surface area contributed by atoms with Crippen LogP contribution >= 0.6 is 0 Å². The molecule has 110 valence electrons. The lowest BCUT2D eigenvalue weighted by Gasteiger charge is -2.20. The highest BCUT2D eigenvalue weighted by Gasteiger charge is 2.26. The van der Waals surface area contributed by atoms with Gasteiger partial charge in [0.2, 0.25) is 0 Å². The fourth-order valence-corrected chi connectivity index (χ4v) is 1.79. The van der Waals surface area contributed by atoms with E-state index in [1.807, 2.05) is 19.9 Å². The largest absolute Gasteiger partial charge is 0.480 e. The molecule has 0 aliphatic rings. The van der Waals surface area contributed by atoms with Crippen LogP contribution in [0.1, 0.15) is 46.0 Å². The SMILES string of the molecule is C=CCCCCOC(=O)N[C@H](C(=O)O)C(C)CCC. The lowest BCUT2D eigenvalue weighted by Crippen LogP contribution is -2.45. The Morgan fingerprint density at radius 3 is 2.63 bits per heavy atom. The maximum Gasteiger partial charge on any atom is 0.407 e. The second kappa shape index (κ2) is 10.4. The quantitative estimate of drug-likeness (QED) is 0.473. The Bertz CT molecular complexity index is 291. The number of carboxylic acid groups (broad SMARTS) is 1. The molecule has 0 aliphatic carbocycles. The zero-order valence-corrected chi connectivity index (χ0v) is 11.9. The second-order valence-corrected chi connectivity index (χ2v) is 4.65. The lowest BCUT2D eigenvalue weighted by atomic mass is 9.97. The molecule has 5 nitrogen and oxygen atoms in total. The highest BCUT2D eigenvalue weighted by molar-refractivity contribution is 5.80. The molecule has 0 heterocycles. The van der Waals surface area contributed by atoms with Gasteiger partial charge in [0.25, 0.3) is 0 Å². The minimum absolute atomic E-state index is 0.115. The van der Waals surface area contributed by atoms with E-state index < -0.39 is 18.1 Å². The van der Waals surface area contributed by atoms with Crippen molar-refractivity contribution in [1.82, 2.24) is 5.32 Å². The van der Waals surface area contributed by atoms with Gasteiger partial charge in [0.15, 0.2) is 0 Å². The summed E-state index contributed by atoms with van der Waals surface area (Å²) in [6.45, 7) is 7.70. The van der Waals surface area contributed by atoms with Crippen LogP contribution in [0, 0.1) is 5.92 Å². The standard InChI is InChI=1S/C14H25NO4/c1-4-6-7-8-10-19-14(18)15-12(13(16)17)11(3)9-5-2/h4,11-12H,1,5-10H2,2-3H3,(H,15,18)(H,16,17)/t11?,12-/m0/s1. The highest BCUT2D eigenvalue weighted by atomic mass is 16.5. The van der Waals surface area contributed by atoms with Gasteiger partial charge in [-0.15, -0.1) is 6.58 Å². The van der Waals surface area contributed by atoms with Crippen LogP contribution < -0.4 is 5.32 Å². The molecule has 0 aromatic rings. The highest BCUT2D eigenvalue weighted by Crippen LogP contribution is 2.11. The van der Waals surface area contributed by atoms with Crippen LogP contribution in [-0.4, -0.2) is 29.8 Å². The first-order chi connectivity index (χ1) is 9.02. The third-order valence-electron chi connectivity index (χ3n) is 2.89. The Labute approximate surface area is 115 Å². The van der Waals surface area contributed by atoms with Crippen molar-refractivity contribution in [2.24, 2.45) is 5.92 Å². The number of alkyl carbamates (subject to hydrolysis) is 1. The van der Waals surface area contributed by atoms with E-state index in [-0.39, 0.29) is 5.92 Å². The number of ether oxygens (including phenoxy) is 1. The zero-order chi connectivity index (χ0) is 14.7. The van der Waals surface area contributed by atoms with Crippen LogP contribution in [0.15, 0.2) is 12.7 Å².